The summed E-state index contributed by atoms with van der Waals surface area (Å²) in [7, 11) is 1.96. The average molecular weight is 324 g/mol. The number of rotatable bonds is 2. The zero-order chi connectivity index (χ0) is 16.8. The summed E-state index contributed by atoms with van der Waals surface area (Å²) in [4.78, 5) is 15.2. The second kappa shape index (κ2) is 5.74. The Labute approximate surface area is 142 Å². The lowest BCUT2D eigenvalue weighted by Crippen LogP contribution is -2.37. The summed E-state index contributed by atoms with van der Waals surface area (Å²) in [6.45, 7) is 6.57. The molecule has 0 bridgehead atoms. The van der Waals surface area contributed by atoms with Crippen molar-refractivity contribution < 1.29 is 4.79 Å². The smallest absolute Gasteiger partial charge is 0.232 e. The maximum atomic E-state index is 13.3. The minimum absolute atomic E-state index is 0.0137. The molecule has 1 aromatic carbocycles. The molecule has 0 aliphatic carbocycles. The van der Waals surface area contributed by atoms with Crippen molar-refractivity contribution in [3.8, 4) is 0 Å². The van der Waals surface area contributed by atoms with Gasteiger partial charge in [-0.05, 0) is 37.5 Å². The predicted octanol–water partition coefficient (Wildman–Crippen LogP) is 1.93. The molecule has 1 fully saturated rings. The van der Waals surface area contributed by atoms with Crippen LogP contribution < -0.4 is 10.2 Å². The summed E-state index contributed by atoms with van der Waals surface area (Å²) in [5, 5.41) is 7.77. The van der Waals surface area contributed by atoms with E-state index in [-0.39, 0.29) is 17.7 Å². The van der Waals surface area contributed by atoms with Gasteiger partial charge in [0.25, 0.3) is 0 Å². The van der Waals surface area contributed by atoms with Crippen LogP contribution in [-0.4, -0.2) is 35.3 Å². The summed E-state index contributed by atoms with van der Waals surface area (Å²) < 4.78 is 1.89. The maximum absolute atomic E-state index is 13.3. The molecule has 2 atom stereocenters. The highest BCUT2D eigenvalue weighted by Gasteiger charge is 2.39. The SMILES string of the molecule is Cc1ccc2c(c1)CCN2C(=O)[C@H]1CNC[C@@H]1c1cnn(C)c1C. The van der Waals surface area contributed by atoms with E-state index >= 15 is 0 Å². The molecule has 2 aromatic rings. The molecule has 24 heavy (non-hydrogen) atoms. The lowest BCUT2D eigenvalue weighted by molar-refractivity contribution is -0.122. The van der Waals surface area contributed by atoms with Crippen molar-refractivity contribution in [2.75, 3.05) is 24.5 Å². The Hall–Kier alpha value is -2.14. The topological polar surface area (TPSA) is 50.2 Å². The molecule has 126 valence electrons. The third-order valence-corrected chi connectivity index (χ3v) is 5.60. The minimum Gasteiger partial charge on any atom is -0.315 e. The van der Waals surface area contributed by atoms with E-state index < -0.39 is 0 Å². The van der Waals surface area contributed by atoms with Crippen LogP contribution in [0.2, 0.25) is 0 Å². The van der Waals surface area contributed by atoms with Crippen LogP contribution in [0, 0.1) is 19.8 Å². The average Bonchev–Trinajstić information content (AvgIpc) is 3.26. The van der Waals surface area contributed by atoms with Crippen LogP contribution in [0.3, 0.4) is 0 Å². The first-order chi connectivity index (χ1) is 11.6. The van der Waals surface area contributed by atoms with Gasteiger partial charge in [-0.25, -0.2) is 0 Å². The van der Waals surface area contributed by atoms with Crippen molar-refractivity contribution >= 4 is 11.6 Å². The highest BCUT2D eigenvalue weighted by atomic mass is 16.2. The van der Waals surface area contributed by atoms with Crippen LogP contribution in [0.25, 0.3) is 0 Å². The third-order valence-electron chi connectivity index (χ3n) is 5.60. The van der Waals surface area contributed by atoms with Crippen LogP contribution in [0.5, 0.6) is 0 Å². The predicted molar refractivity (Wildman–Crippen MR) is 94.3 cm³/mol. The number of hydrogen-bond donors (Lipinski definition) is 1. The lowest BCUT2D eigenvalue weighted by Gasteiger charge is -2.25. The van der Waals surface area contributed by atoms with Crippen molar-refractivity contribution in [2.45, 2.75) is 26.2 Å². The Balaban J connectivity index is 1.62. The molecule has 1 N–H and O–H groups in total. The molecular weight excluding hydrogens is 300 g/mol. The fourth-order valence-corrected chi connectivity index (χ4v) is 4.10. The lowest BCUT2D eigenvalue weighted by atomic mass is 9.88. The Morgan fingerprint density at radius 3 is 2.88 bits per heavy atom. The third kappa shape index (κ3) is 2.35. The molecule has 0 unspecified atom stereocenters. The Morgan fingerprint density at radius 2 is 2.12 bits per heavy atom. The molecule has 1 aromatic heterocycles. The maximum Gasteiger partial charge on any atom is 0.232 e. The van der Waals surface area contributed by atoms with E-state index in [0.717, 1.165) is 37.4 Å². The molecule has 0 saturated carbocycles. The van der Waals surface area contributed by atoms with Gasteiger partial charge in [0.1, 0.15) is 0 Å². The van der Waals surface area contributed by atoms with Crippen molar-refractivity contribution in [3.05, 3.63) is 46.8 Å². The van der Waals surface area contributed by atoms with Crippen LogP contribution in [0.1, 0.15) is 28.3 Å². The first kappa shape index (κ1) is 15.4. The molecular formula is C19H24N4O. The van der Waals surface area contributed by atoms with E-state index in [9.17, 15) is 4.79 Å². The van der Waals surface area contributed by atoms with E-state index in [4.69, 9.17) is 0 Å². The van der Waals surface area contributed by atoms with Gasteiger partial charge in [0.2, 0.25) is 5.91 Å². The molecule has 1 saturated heterocycles. The fraction of sp³-hybridized carbons (Fsp3) is 0.474. The normalized spacial score (nSPS) is 22.9. The summed E-state index contributed by atoms with van der Waals surface area (Å²) in [5.41, 5.74) is 6.00. The quantitative estimate of drug-likeness (QED) is 0.918. The van der Waals surface area contributed by atoms with E-state index in [2.05, 4.69) is 42.5 Å². The molecule has 2 aliphatic heterocycles. The number of carbonyl (C=O) groups excluding carboxylic acids is 1. The van der Waals surface area contributed by atoms with E-state index in [1.807, 2.05) is 22.8 Å². The fourth-order valence-electron chi connectivity index (χ4n) is 4.10. The van der Waals surface area contributed by atoms with Crippen molar-refractivity contribution in [1.82, 2.24) is 15.1 Å². The van der Waals surface area contributed by atoms with Crippen LogP contribution in [0.15, 0.2) is 24.4 Å². The molecule has 3 heterocycles. The Morgan fingerprint density at radius 1 is 1.29 bits per heavy atom. The summed E-state index contributed by atoms with van der Waals surface area (Å²) in [6, 6.07) is 6.40. The zero-order valence-electron chi connectivity index (χ0n) is 14.5. The van der Waals surface area contributed by atoms with Gasteiger partial charge in [-0.3, -0.25) is 9.48 Å². The zero-order valence-corrected chi connectivity index (χ0v) is 14.5. The van der Waals surface area contributed by atoms with Gasteiger partial charge in [0.15, 0.2) is 0 Å². The number of anilines is 1. The van der Waals surface area contributed by atoms with Gasteiger partial charge >= 0.3 is 0 Å². The standard InChI is InChI=1S/C19H24N4O/c1-12-4-5-18-14(8-12)6-7-23(18)19(24)17-10-20-9-16(17)15-11-21-22(3)13(15)2/h4-5,8,11,16-17,20H,6-7,9-10H2,1-3H3/t16-,17+/m1/s1. The van der Waals surface area contributed by atoms with Gasteiger partial charge in [0, 0.05) is 44.0 Å². The number of amides is 1. The number of hydrogen-bond acceptors (Lipinski definition) is 3. The molecule has 0 spiro atoms. The molecule has 0 radical (unpaired) electrons. The Bertz CT molecular complexity index is 795. The summed E-state index contributed by atoms with van der Waals surface area (Å²) >= 11 is 0. The first-order valence-electron chi connectivity index (χ1n) is 8.66. The molecule has 4 rings (SSSR count). The number of aryl methyl sites for hydroxylation is 2. The first-order valence-corrected chi connectivity index (χ1v) is 8.66. The number of aromatic nitrogens is 2. The number of benzene rings is 1. The van der Waals surface area contributed by atoms with Crippen LogP contribution >= 0.6 is 0 Å². The van der Waals surface area contributed by atoms with Crippen molar-refractivity contribution in [3.63, 3.8) is 0 Å². The number of fused-ring (bicyclic) bond motifs is 1. The van der Waals surface area contributed by atoms with Gasteiger partial charge in [-0.1, -0.05) is 17.7 Å². The van der Waals surface area contributed by atoms with Gasteiger partial charge in [-0.2, -0.15) is 5.10 Å². The van der Waals surface area contributed by atoms with E-state index in [0.29, 0.717) is 0 Å². The molecule has 5 nitrogen and oxygen atoms in total. The van der Waals surface area contributed by atoms with Crippen molar-refractivity contribution in [1.29, 1.82) is 0 Å². The summed E-state index contributed by atoms with van der Waals surface area (Å²) in [5.74, 6) is 0.441. The molecule has 5 heteroatoms. The second-order valence-corrected chi connectivity index (χ2v) is 7.05. The van der Waals surface area contributed by atoms with Gasteiger partial charge in [-0.15, -0.1) is 0 Å². The number of nitrogens with one attached hydrogen (secondary N) is 1. The monoisotopic (exact) mass is 324 g/mol. The van der Waals surface area contributed by atoms with Crippen LogP contribution in [-0.2, 0) is 18.3 Å². The largest absolute Gasteiger partial charge is 0.315 e. The highest BCUT2D eigenvalue weighted by molar-refractivity contribution is 5.98. The molecule has 2 aliphatic rings. The minimum atomic E-state index is -0.0137. The van der Waals surface area contributed by atoms with Gasteiger partial charge in [0.05, 0.1) is 12.1 Å². The van der Waals surface area contributed by atoms with E-state index in [1.54, 1.807) is 0 Å². The number of carbonyl (C=O) groups is 1. The Kier molecular flexibility index (Phi) is 3.68. The second-order valence-electron chi connectivity index (χ2n) is 7.05. The summed E-state index contributed by atoms with van der Waals surface area (Å²) in [6.07, 6.45) is 2.88. The van der Waals surface area contributed by atoms with Crippen LogP contribution in [0.4, 0.5) is 5.69 Å². The van der Waals surface area contributed by atoms with Gasteiger partial charge < -0.3 is 10.2 Å². The van der Waals surface area contributed by atoms with Crippen molar-refractivity contribution in [2.24, 2.45) is 13.0 Å². The highest BCUT2D eigenvalue weighted by Crippen LogP contribution is 2.35. The van der Waals surface area contributed by atoms with E-state index in [1.165, 1.54) is 16.7 Å². The molecule has 1 amide bonds. The number of nitrogens with zero attached hydrogens (tertiary/aromatic N) is 3.